The molecule has 0 unspecified atom stereocenters. The van der Waals surface area contributed by atoms with E-state index in [1.807, 2.05) is 18.2 Å². The Morgan fingerprint density at radius 1 is 1.13 bits per heavy atom. The number of thiazole rings is 1. The van der Waals surface area contributed by atoms with Crippen molar-refractivity contribution in [3.8, 4) is 0 Å². The molecule has 0 aliphatic rings. The van der Waals surface area contributed by atoms with E-state index in [1.165, 1.54) is 11.3 Å². The Morgan fingerprint density at radius 3 is 2.48 bits per heavy atom. The second kappa shape index (κ2) is 5.93. The highest BCUT2D eigenvalue weighted by molar-refractivity contribution is 9.10. The first-order chi connectivity index (χ1) is 10.8. The average molecular weight is 401 g/mol. The molecule has 0 fully saturated rings. The number of hydrogen-bond donors (Lipinski definition) is 1. The molecule has 3 aromatic rings. The highest BCUT2D eigenvalue weighted by Crippen LogP contribution is 2.30. The Morgan fingerprint density at radius 2 is 1.83 bits per heavy atom. The van der Waals surface area contributed by atoms with Crippen LogP contribution in [0.5, 0.6) is 0 Å². The summed E-state index contributed by atoms with van der Waals surface area (Å²) in [6.07, 6.45) is -4.42. The number of carbonyl (C=O) groups excluding carboxylic acids is 1. The van der Waals surface area contributed by atoms with Gasteiger partial charge in [0.1, 0.15) is 0 Å². The molecule has 0 spiro atoms. The lowest BCUT2D eigenvalue weighted by atomic mass is 10.1. The topological polar surface area (TPSA) is 42.0 Å². The summed E-state index contributed by atoms with van der Waals surface area (Å²) in [6.45, 7) is 0. The first-order valence-corrected chi connectivity index (χ1v) is 7.98. The second-order valence-corrected chi connectivity index (χ2v) is 6.61. The Labute approximate surface area is 141 Å². The van der Waals surface area contributed by atoms with Gasteiger partial charge in [0.05, 0.1) is 15.8 Å². The van der Waals surface area contributed by atoms with Crippen molar-refractivity contribution in [3.63, 3.8) is 0 Å². The van der Waals surface area contributed by atoms with Crippen molar-refractivity contribution >= 4 is 48.5 Å². The average Bonchev–Trinajstić information content (AvgIpc) is 2.87. The Bertz CT molecular complexity index is 875. The standard InChI is InChI=1S/C15H8BrF3N2OS/c16-10-5-6-11-12(7-10)23-14(20-11)21-13(22)8-1-3-9(4-2-8)15(17,18)19/h1-7H,(H,20,21,22). The van der Waals surface area contributed by atoms with Crippen LogP contribution in [0.2, 0.25) is 0 Å². The van der Waals surface area contributed by atoms with Crippen molar-refractivity contribution in [2.24, 2.45) is 0 Å². The van der Waals surface area contributed by atoms with E-state index >= 15 is 0 Å². The third-order valence-electron chi connectivity index (χ3n) is 3.05. The maximum Gasteiger partial charge on any atom is 0.416 e. The van der Waals surface area contributed by atoms with Crippen LogP contribution in [0.1, 0.15) is 15.9 Å². The molecule has 0 radical (unpaired) electrons. The van der Waals surface area contributed by atoms with Gasteiger partial charge in [-0.15, -0.1) is 0 Å². The van der Waals surface area contributed by atoms with Gasteiger partial charge in [0.15, 0.2) is 5.13 Å². The van der Waals surface area contributed by atoms with Gasteiger partial charge in [0.2, 0.25) is 0 Å². The number of halogens is 4. The fourth-order valence-electron chi connectivity index (χ4n) is 1.93. The van der Waals surface area contributed by atoms with Crippen LogP contribution < -0.4 is 5.32 Å². The summed E-state index contributed by atoms with van der Waals surface area (Å²) < 4.78 is 39.3. The predicted molar refractivity (Wildman–Crippen MR) is 86.7 cm³/mol. The van der Waals surface area contributed by atoms with Gasteiger partial charge in [-0.2, -0.15) is 13.2 Å². The van der Waals surface area contributed by atoms with Gasteiger partial charge in [0, 0.05) is 10.0 Å². The molecule has 3 rings (SSSR count). The van der Waals surface area contributed by atoms with E-state index < -0.39 is 17.6 Å². The largest absolute Gasteiger partial charge is 0.416 e. The van der Waals surface area contributed by atoms with E-state index in [2.05, 4.69) is 26.2 Å². The van der Waals surface area contributed by atoms with Crippen molar-refractivity contribution < 1.29 is 18.0 Å². The van der Waals surface area contributed by atoms with Crippen LogP contribution in [0.25, 0.3) is 10.2 Å². The molecule has 118 valence electrons. The maximum atomic E-state index is 12.5. The van der Waals surface area contributed by atoms with Gasteiger partial charge in [-0.3, -0.25) is 10.1 Å². The number of alkyl halides is 3. The molecule has 1 heterocycles. The minimum absolute atomic E-state index is 0.137. The number of amides is 1. The summed E-state index contributed by atoms with van der Waals surface area (Å²) >= 11 is 4.64. The Kier molecular flexibility index (Phi) is 4.11. The molecule has 0 aliphatic carbocycles. The third-order valence-corrected chi connectivity index (χ3v) is 4.47. The first kappa shape index (κ1) is 15.9. The summed E-state index contributed by atoms with van der Waals surface area (Å²) in [4.78, 5) is 16.3. The van der Waals surface area contributed by atoms with Crippen LogP contribution >= 0.6 is 27.3 Å². The van der Waals surface area contributed by atoms with Crippen molar-refractivity contribution in [1.82, 2.24) is 4.98 Å². The zero-order valence-corrected chi connectivity index (χ0v) is 13.7. The molecule has 8 heteroatoms. The summed E-state index contributed by atoms with van der Waals surface area (Å²) in [7, 11) is 0. The number of benzene rings is 2. The van der Waals surface area contributed by atoms with E-state index in [0.717, 1.165) is 39.0 Å². The lowest BCUT2D eigenvalue weighted by molar-refractivity contribution is -0.137. The maximum absolute atomic E-state index is 12.5. The molecule has 3 nitrogen and oxygen atoms in total. The molecule has 0 saturated carbocycles. The monoisotopic (exact) mass is 400 g/mol. The molecule has 2 aromatic carbocycles. The van der Waals surface area contributed by atoms with Crippen LogP contribution in [0.3, 0.4) is 0 Å². The summed E-state index contributed by atoms with van der Waals surface area (Å²) in [5, 5.41) is 2.99. The van der Waals surface area contributed by atoms with Crippen molar-refractivity contribution in [1.29, 1.82) is 0 Å². The second-order valence-electron chi connectivity index (χ2n) is 4.66. The van der Waals surface area contributed by atoms with Crippen LogP contribution in [-0.4, -0.2) is 10.9 Å². The molecule has 23 heavy (non-hydrogen) atoms. The summed E-state index contributed by atoms with van der Waals surface area (Å²) in [5.41, 5.74) is 0.0817. The molecular formula is C15H8BrF3N2OS. The zero-order valence-electron chi connectivity index (χ0n) is 11.3. The van der Waals surface area contributed by atoms with Gasteiger partial charge >= 0.3 is 6.18 Å². The van der Waals surface area contributed by atoms with Crippen LogP contribution in [-0.2, 0) is 6.18 Å². The lowest BCUT2D eigenvalue weighted by Gasteiger charge is -2.07. The van der Waals surface area contributed by atoms with E-state index in [1.54, 1.807) is 0 Å². The molecular weight excluding hydrogens is 393 g/mol. The van der Waals surface area contributed by atoms with Crippen LogP contribution in [0.15, 0.2) is 46.9 Å². The predicted octanol–water partition coefficient (Wildman–Crippen LogP) is 5.33. The number of fused-ring (bicyclic) bond motifs is 1. The van der Waals surface area contributed by atoms with Crippen molar-refractivity contribution in [2.75, 3.05) is 5.32 Å². The van der Waals surface area contributed by atoms with E-state index in [0.29, 0.717) is 5.13 Å². The number of rotatable bonds is 2. The number of nitrogens with one attached hydrogen (secondary N) is 1. The number of aromatic nitrogens is 1. The molecule has 1 amide bonds. The van der Waals surface area contributed by atoms with Crippen LogP contribution in [0, 0.1) is 0 Å². The Hall–Kier alpha value is -1.93. The van der Waals surface area contributed by atoms with E-state index in [4.69, 9.17) is 0 Å². The Balaban J connectivity index is 1.80. The molecule has 1 aromatic heterocycles. The highest BCUT2D eigenvalue weighted by Gasteiger charge is 2.30. The summed E-state index contributed by atoms with van der Waals surface area (Å²) in [5.74, 6) is -0.503. The van der Waals surface area contributed by atoms with Gasteiger partial charge in [-0.05, 0) is 42.5 Å². The summed E-state index contributed by atoms with van der Waals surface area (Å²) in [6, 6.07) is 9.56. The van der Waals surface area contributed by atoms with Gasteiger partial charge in [-0.1, -0.05) is 27.3 Å². The van der Waals surface area contributed by atoms with Gasteiger partial charge in [-0.25, -0.2) is 4.98 Å². The van der Waals surface area contributed by atoms with Crippen LogP contribution in [0.4, 0.5) is 18.3 Å². The number of anilines is 1. The molecule has 0 aliphatic heterocycles. The van der Waals surface area contributed by atoms with E-state index in [9.17, 15) is 18.0 Å². The minimum Gasteiger partial charge on any atom is -0.298 e. The lowest BCUT2D eigenvalue weighted by Crippen LogP contribution is -2.12. The minimum atomic E-state index is -4.42. The smallest absolute Gasteiger partial charge is 0.298 e. The van der Waals surface area contributed by atoms with E-state index in [-0.39, 0.29) is 5.56 Å². The zero-order chi connectivity index (χ0) is 16.6. The first-order valence-electron chi connectivity index (χ1n) is 6.37. The molecule has 0 bridgehead atoms. The SMILES string of the molecule is O=C(Nc1nc2ccc(Br)cc2s1)c1ccc(C(F)(F)F)cc1. The van der Waals surface area contributed by atoms with Gasteiger partial charge in [0.25, 0.3) is 5.91 Å². The van der Waals surface area contributed by atoms with Crippen molar-refractivity contribution in [2.45, 2.75) is 6.18 Å². The number of hydrogen-bond acceptors (Lipinski definition) is 3. The molecule has 0 saturated heterocycles. The molecule has 1 N–H and O–H groups in total. The highest BCUT2D eigenvalue weighted by atomic mass is 79.9. The number of nitrogens with zero attached hydrogens (tertiary/aromatic N) is 1. The quantitative estimate of drug-likeness (QED) is 0.631. The fraction of sp³-hybridized carbons (Fsp3) is 0.0667. The normalized spacial score (nSPS) is 11.7. The van der Waals surface area contributed by atoms with Crippen molar-refractivity contribution in [3.05, 3.63) is 58.1 Å². The fourth-order valence-corrected chi connectivity index (χ4v) is 3.34. The third kappa shape index (κ3) is 3.53. The van der Waals surface area contributed by atoms with Gasteiger partial charge < -0.3 is 0 Å². The number of carbonyl (C=O) groups is 1. The molecule has 0 atom stereocenters.